The molecule has 0 saturated carbocycles. The number of carbonyl (C=O) groups is 2. The molecule has 0 unspecified atom stereocenters. The summed E-state index contributed by atoms with van der Waals surface area (Å²) < 4.78 is 10.1. The van der Waals surface area contributed by atoms with Crippen LogP contribution in [0.5, 0.6) is 0 Å². The molecule has 6 heteroatoms. The van der Waals surface area contributed by atoms with Crippen LogP contribution in [0.2, 0.25) is 0 Å². The summed E-state index contributed by atoms with van der Waals surface area (Å²) in [5.41, 5.74) is 3.52. The van der Waals surface area contributed by atoms with Crippen LogP contribution in [0.25, 0.3) is 5.57 Å². The lowest BCUT2D eigenvalue weighted by Gasteiger charge is -2.16. The van der Waals surface area contributed by atoms with Crippen LogP contribution in [0.15, 0.2) is 54.3 Å². The number of ether oxygens (including phenoxy) is 2. The highest BCUT2D eigenvalue weighted by Gasteiger charge is 2.33. The highest BCUT2D eigenvalue weighted by molar-refractivity contribution is 6.29. The van der Waals surface area contributed by atoms with Gasteiger partial charge in [0, 0.05) is 12.1 Å². The predicted octanol–water partition coefficient (Wildman–Crippen LogP) is 3.07. The molecule has 0 N–H and O–H groups in total. The molecular formula is C22H20N2O4. The number of nitrogens with zero attached hydrogens (tertiary/aromatic N) is 2. The maximum Gasteiger partial charge on any atom is 0.305 e. The van der Waals surface area contributed by atoms with E-state index in [1.54, 1.807) is 36.3 Å². The van der Waals surface area contributed by atoms with Gasteiger partial charge >= 0.3 is 5.97 Å². The van der Waals surface area contributed by atoms with Gasteiger partial charge < -0.3 is 14.4 Å². The lowest BCUT2D eigenvalue weighted by atomic mass is 10.0. The number of amides is 1. The maximum absolute atomic E-state index is 13.0. The molecule has 1 heterocycles. The number of rotatable bonds is 6. The lowest BCUT2D eigenvalue weighted by molar-refractivity contribution is -0.140. The molecule has 0 aliphatic carbocycles. The Morgan fingerprint density at radius 1 is 1.11 bits per heavy atom. The van der Waals surface area contributed by atoms with Crippen LogP contribution < -0.4 is 4.90 Å². The topological polar surface area (TPSA) is 79.6 Å². The number of anilines is 1. The minimum atomic E-state index is -0.252. The molecule has 3 rings (SSSR count). The first-order chi connectivity index (χ1) is 13.6. The van der Waals surface area contributed by atoms with Crippen LogP contribution in [0, 0.1) is 11.3 Å². The van der Waals surface area contributed by atoms with Gasteiger partial charge in [0.05, 0.1) is 38.0 Å². The monoisotopic (exact) mass is 376 g/mol. The Morgan fingerprint density at radius 3 is 2.36 bits per heavy atom. The van der Waals surface area contributed by atoms with Crippen molar-refractivity contribution in [3.63, 3.8) is 0 Å². The molecule has 28 heavy (non-hydrogen) atoms. The molecule has 0 radical (unpaired) electrons. The molecule has 0 atom stereocenters. The fraction of sp³-hybridized carbons (Fsp3) is 0.227. The van der Waals surface area contributed by atoms with Gasteiger partial charge in [-0.25, -0.2) is 0 Å². The van der Waals surface area contributed by atoms with Gasteiger partial charge in [0.2, 0.25) is 0 Å². The average molecular weight is 376 g/mol. The largest absolute Gasteiger partial charge is 0.498 e. The van der Waals surface area contributed by atoms with E-state index in [1.165, 1.54) is 7.11 Å². The van der Waals surface area contributed by atoms with Gasteiger partial charge in [-0.15, -0.1) is 0 Å². The van der Waals surface area contributed by atoms with E-state index >= 15 is 0 Å². The third-order valence-electron chi connectivity index (χ3n) is 4.68. The van der Waals surface area contributed by atoms with Gasteiger partial charge in [-0.1, -0.05) is 24.3 Å². The fourth-order valence-electron chi connectivity index (χ4n) is 3.11. The van der Waals surface area contributed by atoms with Crippen LogP contribution in [0.4, 0.5) is 5.69 Å². The zero-order valence-corrected chi connectivity index (χ0v) is 15.8. The van der Waals surface area contributed by atoms with Gasteiger partial charge in [-0.3, -0.25) is 9.59 Å². The second kappa shape index (κ2) is 8.40. The van der Waals surface area contributed by atoms with E-state index in [4.69, 9.17) is 10.00 Å². The Labute approximate surface area is 163 Å². The van der Waals surface area contributed by atoms with Crippen molar-refractivity contribution in [3.05, 3.63) is 71.0 Å². The summed E-state index contributed by atoms with van der Waals surface area (Å²) in [6.07, 6.45) is 0.891. The van der Waals surface area contributed by atoms with E-state index in [0.717, 1.165) is 11.1 Å². The molecule has 0 saturated heterocycles. The Balaban J connectivity index is 1.80. The lowest BCUT2D eigenvalue weighted by Crippen LogP contribution is -2.26. The van der Waals surface area contributed by atoms with E-state index in [-0.39, 0.29) is 11.9 Å². The Hall–Kier alpha value is -3.59. The SMILES string of the molecule is COC(=O)CCc1ccc(C2=C(OC)CN(c3ccc(C#N)cc3)C2=O)cc1. The highest BCUT2D eigenvalue weighted by atomic mass is 16.5. The van der Waals surface area contributed by atoms with Crippen LogP contribution in [-0.4, -0.2) is 32.6 Å². The number of nitriles is 1. The number of esters is 1. The van der Waals surface area contributed by atoms with Crippen molar-refractivity contribution in [2.45, 2.75) is 12.8 Å². The van der Waals surface area contributed by atoms with Crippen molar-refractivity contribution in [3.8, 4) is 6.07 Å². The molecule has 2 aromatic carbocycles. The predicted molar refractivity (Wildman–Crippen MR) is 104 cm³/mol. The zero-order valence-electron chi connectivity index (χ0n) is 15.8. The molecule has 6 nitrogen and oxygen atoms in total. The molecule has 0 fully saturated rings. The number of hydrogen-bond acceptors (Lipinski definition) is 5. The molecule has 2 aromatic rings. The highest BCUT2D eigenvalue weighted by Crippen LogP contribution is 2.32. The van der Waals surface area contributed by atoms with Gasteiger partial charge in [0.25, 0.3) is 5.91 Å². The number of aryl methyl sites for hydroxylation is 1. The van der Waals surface area contributed by atoms with Gasteiger partial charge in [0.1, 0.15) is 5.76 Å². The van der Waals surface area contributed by atoms with Crippen LogP contribution >= 0.6 is 0 Å². The fourth-order valence-corrected chi connectivity index (χ4v) is 3.11. The van der Waals surface area contributed by atoms with Crippen molar-refractivity contribution in [2.75, 3.05) is 25.7 Å². The first-order valence-electron chi connectivity index (χ1n) is 8.82. The first kappa shape index (κ1) is 19.2. The normalized spacial score (nSPS) is 13.5. The second-order valence-corrected chi connectivity index (χ2v) is 6.33. The zero-order chi connectivity index (χ0) is 20.1. The van der Waals surface area contributed by atoms with Gasteiger partial charge in [0.15, 0.2) is 0 Å². The van der Waals surface area contributed by atoms with Crippen molar-refractivity contribution >= 4 is 23.1 Å². The number of carbonyl (C=O) groups excluding carboxylic acids is 2. The van der Waals surface area contributed by atoms with E-state index in [2.05, 4.69) is 10.8 Å². The van der Waals surface area contributed by atoms with Crippen molar-refractivity contribution in [1.82, 2.24) is 0 Å². The van der Waals surface area contributed by atoms with E-state index in [1.807, 2.05) is 24.3 Å². The van der Waals surface area contributed by atoms with Crippen molar-refractivity contribution in [2.24, 2.45) is 0 Å². The molecular weight excluding hydrogens is 356 g/mol. The van der Waals surface area contributed by atoms with Gasteiger partial charge in [-0.05, 0) is 41.8 Å². The molecule has 1 amide bonds. The minimum Gasteiger partial charge on any atom is -0.498 e. The Kier molecular flexibility index (Phi) is 5.75. The molecule has 0 bridgehead atoms. The van der Waals surface area contributed by atoms with E-state index in [9.17, 15) is 9.59 Å². The molecule has 142 valence electrons. The van der Waals surface area contributed by atoms with E-state index in [0.29, 0.717) is 42.0 Å². The standard InChI is InChI=1S/C22H20N2O4/c1-27-19-14-24(18-10-5-16(13-23)6-11-18)22(26)21(19)17-8-3-15(4-9-17)7-12-20(25)28-2/h3-6,8-11H,7,12,14H2,1-2H3. The quantitative estimate of drug-likeness (QED) is 0.724. The van der Waals surface area contributed by atoms with Crippen LogP contribution in [0.3, 0.4) is 0 Å². The summed E-state index contributed by atoms with van der Waals surface area (Å²) in [5, 5.41) is 8.94. The summed E-state index contributed by atoms with van der Waals surface area (Å²) in [5.74, 6) is 0.193. The Bertz CT molecular complexity index is 954. The third-order valence-corrected chi connectivity index (χ3v) is 4.68. The minimum absolute atomic E-state index is 0.149. The average Bonchev–Trinajstić information content (AvgIpc) is 3.08. The van der Waals surface area contributed by atoms with E-state index < -0.39 is 0 Å². The number of hydrogen-bond donors (Lipinski definition) is 0. The third kappa shape index (κ3) is 3.89. The second-order valence-electron chi connectivity index (χ2n) is 6.33. The first-order valence-corrected chi connectivity index (χ1v) is 8.82. The summed E-state index contributed by atoms with van der Waals surface area (Å²) in [4.78, 5) is 25.9. The maximum atomic E-state index is 13.0. The molecule has 1 aliphatic rings. The summed E-state index contributed by atoms with van der Waals surface area (Å²) in [6, 6.07) is 16.5. The summed E-state index contributed by atoms with van der Waals surface area (Å²) >= 11 is 0. The number of methoxy groups -OCH3 is 2. The molecule has 0 spiro atoms. The smallest absolute Gasteiger partial charge is 0.305 e. The summed E-state index contributed by atoms with van der Waals surface area (Å²) in [6.45, 7) is 0.334. The Morgan fingerprint density at radius 2 is 1.79 bits per heavy atom. The van der Waals surface area contributed by atoms with Gasteiger partial charge in [-0.2, -0.15) is 5.26 Å². The summed E-state index contributed by atoms with van der Waals surface area (Å²) in [7, 11) is 2.92. The van der Waals surface area contributed by atoms with Crippen molar-refractivity contribution in [1.29, 1.82) is 5.26 Å². The van der Waals surface area contributed by atoms with Crippen LogP contribution in [0.1, 0.15) is 23.1 Å². The van der Waals surface area contributed by atoms with Crippen molar-refractivity contribution < 1.29 is 19.1 Å². The molecule has 1 aliphatic heterocycles. The molecule has 0 aromatic heterocycles. The number of benzene rings is 2. The van der Waals surface area contributed by atoms with Crippen LogP contribution in [-0.2, 0) is 25.5 Å².